The molecule has 1 fully saturated rings. The number of piperidine rings is 1. The molecule has 0 saturated carbocycles. The Bertz CT molecular complexity index is 518. The Morgan fingerprint density at radius 2 is 1.95 bits per heavy atom. The molecule has 0 bridgehead atoms. The van der Waals surface area contributed by atoms with Gasteiger partial charge in [-0.05, 0) is 51.9 Å². The second-order valence-corrected chi connectivity index (χ2v) is 5.68. The molecule has 1 amide bonds. The van der Waals surface area contributed by atoms with Crippen LogP contribution in [-0.2, 0) is 4.79 Å². The van der Waals surface area contributed by atoms with Crippen LogP contribution in [0.15, 0.2) is 18.2 Å². The molecule has 21 heavy (non-hydrogen) atoms. The molecule has 0 aliphatic carbocycles. The zero-order chi connectivity index (χ0) is 15.5. The monoisotopic (exact) mass is 292 g/mol. The summed E-state index contributed by atoms with van der Waals surface area (Å²) in [7, 11) is 5.18. The van der Waals surface area contributed by atoms with Crippen LogP contribution < -0.4 is 14.8 Å². The number of likely N-dealkylation sites (tertiary alicyclic amines) is 1. The average Bonchev–Trinajstić information content (AvgIpc) is 2.50. The lowest BCUT2D eigenvalue weighted by atomic mass is 9.88. The molecule has 1 unspecified atom stereocenters. The summed E-state index contributed by atoms with van der Waals surface area (Å²) in [5, 5.41) is 2.99. The third-order valence-corrected chi connectivity index (χ3v) is 4.38. The van der Waals surface area contributed by atoms with Crippen molar-refractivity contribution in [2.45, 2.75) is 31.7 Å². The smallest absolute Gasteiger partial charge is 0.244 e. The Labute approximate surface area is 126 Å². The predicted octanol–water partition coefficient (Wildman–Crippen LogP) is 2.52. The van der Waals surface area contributed by atoms with E-state index in [-0.39, 0.29) is 5.91 Å². The van der Waals surface area contributed by atoms with Gasteiger partial charge in [-0.2, -0.15) is 0 Å². The molecule has 5 nitrogen and oxygen atoms in total. The van der Waals surface area contributed by atoms with Crippen molar-refractivity contribution in [3.63, 3.8) is 0 Å². The quantitative estimate of drug-likeness (QED) is 0.926. The minimum atomic E-state index is -0.453. The second-order valence-electron chi connectivity index (χ2n) is 5.68. The van der Waals surface area contributed by atoms with Crippen LogP contribution in [0, 0.1) is 0 Å². The number of hydrogen-bond acceptors (Lipinski definition) is 4. The highest BCUT2D eigenvalue weighted by atomic mass is 16.5. The summed E-state index contributed by atoms with van der Waals surface area (Å²) < 4.78 is 10.5. The van der Waals surface area contributed by atoms with E-state index in [1.807, 2.05) is 20.0 Å². The SMILES string of the molecule is COc1ccc(NC(=O)C2(C)CCCCN2C)cc1OC. The van der Waals surface area contributed by atoms with Gasteiger partial charge < -0.3 is 14.8 Å². The topological polar surface area (TPSA) is 50.8 Å². The Kier molecular flexibility index (Phi) is 4.73. The molecule has 1 aliphatic heterocycles. The highest BCUT2D eigenvalue weighted by Crippen LogP contribution is 2.32. The molecular formula is C16H24N2O3. The fourth-order valence-electron chi connectivity index (χ4n) is 2.72. The van der Waals surface area contributed by atoms with E-state index in [1.165, 1.54) is 0 Å². The zero-order valence-electron chi connectivity index (χ0n) is 13.2. The van der Waals surface area contributed by atoms with E-state index in [1.54, 1.807) is 26.4 Å². The molecule has 0 radical (unpaired) electrons. The fraction of sp³-hybridized carbons (Fsp3) is 0.562. The van der Waals surface area contributed by atoms with Gasteiger partial charge in [0.1, 0.15) is 0 Å². The Balaban J connectivity index is 2.15. The maximum atomic E-state index is 12.6. The number of ether oxygens (including phenoxy) is 2. The van der Waals surface area contributed by atoms with Crippen molar-refractivity contribution in [3.05, 3.63) is 18.2 Å². The number of methoxy groups -OCH3 is 2. The van der Waals surface area contributed by atoms with Gasteiger partial charge in [-0.1, -0.05) is 0 Å². The lowest BCUT2D eigenvalue weighted by molar-refractivity contribution is -0.128. The number of benzene rings is 1. The number of likely N-dealkylation sites (N-methyl/N-ethyl adjacent to an activating group) is 1. The summed E-state index contributed by atoms with van der Waals surface area (Å²) in [6.45, 7) is 2.96. The number of carbonyl (C=O) groups excluding carboxylic acids is 1. The number of amides is 1. The van der Waals surface area contributed by atoms with Crippen molar-refractivity contribution in [1.29, 1.82) is 0 Å². The third-order valence-electron chi connectivity index (χ3n) is 4.38. The lowest BCUT2D eigenvalue weighted by Crippen LogP contribution is -2.55. The van der Waals surface area contributed by atoms with Crippen molar-refractivity contribution in [2.24, 2.45) is 0 Å². The van der Waals surface area contributed by atoms with E-state index in [0.717, 1.165) is 31.5 Å². The lowest BCUT2D eigenvalue weighted by Gasteiger charge is -2.41. The van der Waals surface area contributed by atoms with E-state index in [4.69, 9.17) is 9.47 Å². The van der Waals surface area contributed by atoms with E-state index >= 15 is 0 Å². The maximum absolute atomic E-state index is 12.6. The Hall–Kier alpha value is -1.75. The van der Waals surface area contributed by atoms with Gasteiger partial charge >= 0.3 is 0 Å². The number of hydrogen-bond donors (Lipinski definition) is 1. The van der Waals surface area contributed by atoms with Gasteiger partial charge in [0.05, 0.1) is 19.8 Å². The largest absolute Gasteiger partial charge is 0.493 e. The molecule has 0 aromatic heterocycles. The minimum Gasteiger partial charge on any atom is -0.493 e. The van der Waals surface area contributed by atoms with Crippen LogP contribution in [0.5, 0.6) is 11.5 Å². The Morgan fingerprint density at radius 1 is 1.24 bits per heavy atom. The molecule has 1 N–H and O–H groups in total. The molecule has 1 aliphatic rings. The van der Waals surface area contributed by atoms with Crippen LogP contribution in [-0.4, -0.2) is 44.2 Å². The average molecular weight is 292 g/mol. The normalized spacial score (nSPS) is 22.7. The van der Waals surface area contributed by atoms with E-state index in [0.29, 0.717) is 11.5 Å². The highest BCUT2D eigenvalue weighted by Gasteiger charge is 2.39. The second kappa shape index (κ2) is 6.35. The Morgan fingerprint density at radius 3 is 2.57 bits per heavy atom. The number of nitrogens with one attached hydrogen (secondary N) is 1. The van der Waals surface area contributed by atoms with Crippen LogP contribution in [0.4, 0.5) is 5.69 Å². The first-order valence-corrected chi connectivity index (χ1v) is 7.26. The van der Waals surface area contributed by atoms with Crippen LogP contribution in [0.1, 0.15) is 26.2 Å². The fourth-order valence-corrected chi connectivity index (χ4v) is 2.72. The van der Waals surface area contributed by atoms with E-state index in [9.17, 15) is 4.79 Å². The molecule has 1 saturated heterocycles. The molecule has 5 heteroatoms. The first kappa shape index (κ1) is 15.6. The molecule has 0 spiro atoms. The summed E-state index contributed by atoms with van der Waals surface area (Å²) >= 11 is 0. The van der Waals surface area contributed by atoms with Gasteiger partial charge in [-0.25, -0.2) is 0 Å². The maximum Gasteiger partial charge on any atom is 0.244 e. The summed E-state index contributed by atoms with van der Waals surface area (Å²) in [5.41, 5.74) is 0.267. The van der Waals surface area contributed by atoms with Gasteiger partial charge in [0.2, 0.25) is 5.91 Å². The standard InChI is InChI=1S/C16H24N2O3/c1-16(9-5-6-10-18(16)2)15(19)17-12-7-8-13(20-3)14(11-12)21-4/h7-8,11H,5-6,9-10H2,1-4H3,(H,17,19). The predicted molar refractivity (Wildman–Crippen MR) is 83.1 cm³/mol. The number of anilines is 1. The summed E-state index contributed by atoms with van der Waals surface area (Å²) in [5.74, 6) is 1.28. The van der Waals surface area contributed by atoms with Crippen molar-refractivity contribution < 1.29 is 14.3 Å². The van der Waals surface area contributed by atoms with Crippen LogP contribution in [0.2, 0.25) is 0 Å². The van der Waals surface area contributed by atoms with Crippen molar-refractivity contribution >= 4 is 11.6 Å². The van der Waals surface area contributed by atoms with Crippen molar-refractivity contribution in [1.82, 2.24) is 4.90 Å². The van der Waals surface area contributed by atoms with Gasteiger partial charge in [-0.15, -0.1) is 0 Å². The minimum absolute atomic E-state index is 0.0249. The molecule has 1 heterocycles. The first-order valence-electron chi connectivity index (χ1n) is 7.26. The van der Waals surface area contributed by atoms with Crippen molar-refractivity contribution in [2.75, 3.05) is 33.1 Å². The van der Waals surface area contributed by atoms with Crippen molar-refractivity contribution in [3.8, 4) is 11.5 Å². The summed E-state index contributed by atoms with van der Waals surface area (Å²) in [6.07, 6.45) is 3.11. The van der Waals surface area contributed by atoms with E-state index in [2.05, 4.69) is 10.2 Å². The number of carbonyl (C=O) groups is 1. The molecule has 116 valence electrons. The summed E-state index contributed by atoms with van der Waals surface area (Å²) in [6, 6.07) is 5.40. The molecule has 1 aromatic carbocycles. The highest BCUT2D eigenvalue weighted by molar-refractivity contribution is 5.98. The van der Waals surface area contributed by atoms with Crippen LogP contribution in [0.25, 0.3) is 0 Å². The van der Waals surface area contributed by atoms with Gasteiger partial charge in [0.25, 0.3) is 0 Å². The third kappa shape index (κ3) is 3.13. The number of nitrogens with zero attached hydrogens (tertiary/aromatic N) is 1. The van der Waals surface area contributed by atoms with Gasteiger partial charge in [0.15, 0.2) is 11.5 Å². The zero-order valence-corrected chi connectivity index (χ0v) is 13.2. The first-order chi connectivity index (χ1) is 10.0. The van der Waals surface area contributed by atoms with Gasteiger partial charge in [-0.3, -0.25) is 9.69 Å². The molecular weight excluding hydrogens is 268 g/mol. The van der Waals surface area contributed by atoms with Gasteiger partial charge in [0, 0.05) is 11.8 Å². The van der Waals surface area contributed by atoms with E-state index < -0.39 is 5.54 Å². The molecule has 2 rings (SSSR count). The molecule has 1 aromatic rings. The summed E-state index contributed by atoms with van der Waals surface area (Å²) in [4.78, 5) is 14.8. The number of rotatable bonds is 4. The van der Waals surface area contributed by atoms with Crippen LogP contribution >= 0.6 is 0 Å². The molecule has 1 atom stereocenters. The van der Waals surface area contributed by atoms with Crippen LogP contribution in [0.3, 0.4) is 0 Å².